The number of nitrogens with zero attached hydrogens (tertiary/aromatic N) is 1. The molecule has 1 N–H and O–H groups in total. The molecule has 1 aliphatic heterocycles. The van der Waals surface area contributed by atoms with E-state index in [4.69, 9.17) is 0 Å². The Morgan fingerprint density at radius 1 is 1.25 bits per heavy atom. The highest BCUT2D eigenvalue weighted by Crippen LogP contribution is 2.30. The lowest BCUT2D eigenvalue weighted by atomic mass is 9.92. The van der Waals surface area contributed by atoms with Crippen LogP contribution in [-0.2, 0) is 0 Å². The molecule has 1 heterocycles. The van der Waals surface area contributed by atoms with Crippen LogP contribution in [0, 0.1) is 11.8 Å². The molecule has 0 radical (unpaired) electrons. The average molecular weight is 224 g/mol. The van der Waals surface area contributed by atoms with Crippen LogP contribution in [0.2, 0.25) is 0 Å². The molecule has 1 saturated carbocycles. The van der Waals surface area contributed by atoms with Crippen LogP contribution in [0.5, 0.6) is 0 Å². The lowest BCUT2D eigenvalue weighted by Crippen LogP contribution is -2.42. The highest BCUT2D eigenvalue weighted by molar-refractivity contribution is 4.87. The van der Waals surface area contributed by atoms with Crippen LogP contribution in [0.1, 0.15) is 46.5 Å². The van der Waals surface area contributed by atoms with Gasteiger partial charge >= 0.3 is 0 Å². The Morgan fingerprint density at radius 3 is 2.56 bits per heavy atom. The van der Waals surface area contributed by atoms with Crippen molar-refractivity contribution in [3.05, 3.63) is 0 Å². The average Bonchev–Trinajstić information content (AvgIpc) is 2.99. The van der Waals surface area contributed by atoms with Crippen LogP contribution in [0.3, 0.4) is 0 Å². The number of hydrogen-bond acceptors (Lipinski definition) is 2. The zero-order valence-corrected chi connectivity index (χ0v) is 11.2. The van der Waals surface area contributed by atoms with Gasteiger partial charge in [-0.05, 0) is 51.0 Å². The molecule has 0 bridgehead atoms. The third-order valence-electron chi connectivity index (χ3n) is 3.89. The SMILES string of the molecule is CC(C)CN(CC1CCNC(C)C1)C1CC1. The minimum atomic E-state index is 0.735. The highest BCUT2D eigenvalue weighted by atomic mass is 15.2. The van der Waals surface area contributed by atoms with Gasteiger partial charge in [0, 0.05) is 25.2 Å². The fourth-order valence-electron chi connectivity index (χ4n) is 3.01. The second-order valence-corrected chi connectivity index (χ2v) is 6.32. The molecule has 1 saturated heterocycles. The largest absolute Gasteiger partial charge is 0.314 e. The highest BCUT2D eigenvalue weighted by Gasteiger charge is 2.31. The fourth-order valence-corrected chi connectivity index (χ4v) is 3.01. The van der Waals surface area contributed by atoms with E-state index in [0.29, 0.717) is 0 Å². The van der Waals surface area contributed by atoms with E-state index in [1.807, 2.05) is 0 Å². The maximum absolute atomic E-state index is 3.55. The molecule has 2 heteroatoms. The Morgan fingerprint density at radius 2 is 2.00 bits per heavy atom. The van der Waals surface area contributed by atoms with Crippen molar-refractivity contribution in [1.82, 2.24) is 10.2 Å². The van der Waals surface area contributed by atoms with Crippen molar-refractivity contribution in [2.75, 3.05) is 19.6 Å². The number of hydrogen-bond donors (Lipinski definition) is 1. The molecule has 0 spiro atoms. The van der Waals surface area contributed by atoms with Crippen molar-refractivity contribution in [3.63, 3.8) is 0 Å². The molecular formula is C14H28N2. The van der Waals surface area contributed by atoms with E-state index < -0.39 is 0 Å². The predicted octanol–water partition coefficient (Wildman–Crippen LogP) is 2.49. The van der Waals surface area contributed by atoms with E-state index in [0.717, 1.165) is 23.9 Å². The molecule has 0 amide bonds. The number of piperidine rings is 1. The summed E-state index contributed by atoms with van der Waals surface area (Å²) < 4.78 is 0. The van der Waals surface area contributed by atoms with Gasteiger partial charge < -0.3 is 5.32 Å². The van der Waals surface area contributed by atoms with E-state index in [2.05, 4.69) is 31.0 Å². The molecule has 0 aromatic rings. The zero-order valence-electron chi connectivity index (χ0n) is 11.2. The summed E-state index contributed by atoms with van der Waals surface area (Å²) in [6.45, 7) is 10.9. The second-order valence-electron chi connectivity index (χ2n) is 6.32. The van der Waals surface area contributed by atoms with Gasteiger partial charge in [0.25, 0.3) is 0 Å². The molecule has 0 aromatic heterocycles. The summed E-state index contributed by atoms with van der Waals surface area (Å²) in [5, 5.41) is 3.55. The third kappa shape index (κ3) is 3.74. The van der Waals surface area contributed by atoms with Crippen molar-refractivity contribution in [2.45, 2.75) is 58.5 Å². The summed E-state index contributed by atoms with van der Waals surface area (Å²) in [6.07, 6.45) is 5.66. The summed E-state index contributed by atoms with van der Waals surface area (Å²) in [5.74, 6) is 1.76. The molecular weight excluding hydrogens is 196 g/mol. The van der Waals surface area contributed by atoms with Gasteiger partial charge in [0.1, 0.15) is 0 Å². The van der Waals surface area contributed by atoms with Crippen molar-refractivity contribution < 1.29 is 0 Å². The first-order valence-electron chi connectivity index (χ1n) is 7.12. The van der Waals surface area contributed by atoms with Gasteiger partial charge in [-0.3, -0.25) is 4.90 Å². The van der Waals surface area contributed by atoms with Crippen LogP contribution in [0.15, 0.2) is 0 Å². The smallest absolute Gasteiger partial charge is 0.00966 e. The third-order valence-corrected chi connectivity index (χ3v) is 3.89. The molecule has 2 rings (SSSR count). The van der Waals surface area contributed by atoms with Crippen molar-refractivity contribution in [2.24, 2.45) is 11.8 Å². The molecule has 2 nitrogen and oxygen atoms in total. The van der Waals surface area contributed by atoms with E-state index in [9.17, 15) is 0 Å². The van der Waals surface area contributed by atoms with Crippen LogP contribution in [-0.4, -0.2) is 36.6 Å². The Bertz CT molecular complexity index is 211. The maximum Gasteiger partial charge on any atom is 0.00966 e. The first-order valence-corrected chi connectivity index (χ1v) is 7.12. The number of nitrogens with one attached hydrogen (secondary N) is 1. The Hall–Kier alpha value is -0.0800. The Kier molecular flexibility index (Phi) is 4.26. The lowest BCUT2D eigenvalue weighted by molar-refractivity contribution is 0.169. The molecule has 2 atom stereocenters. The summed E-state index contributed by atoms with van der Waals surface area (Å²) in [6, 6.07) is 1.67. The predicted molar refractivity (Wildman–Crippen MR) is 69.6 cm³/mol. The van der Waals surface area contributed by atoms with Crippen LogP contribution < -0.4 is 5.32 Å². The molecule has 0 aromatic carbocycles. The van der Waals surface area contributed by atoms with Gasteiger partial charge in [-0.15, -0.1) is 0 Å². The van der Waals surface area contributed by atoms with E-state index in [1.165, 1.54) is 45.3 Å². The summed E-state index contributed by atoms with van der Waals surface area (Å²) in [5.41, 5.74) is 0. The summed E-state index contributed by atoms with van der Waals surface area (Å²) in [7, 11) is 0. The maximum atomic E-state index is 3.55. The minimum Gasteiger partial charge on any atom is -0.314 e. The number of rotatable bonds is 5. The molecule has 2 unspecified atom stereocenters. The minimum absolute atomic E-state index is 0.735. The quantitative estimate of drug-likeness (QED) is 0.772. The first-order chi connectivity index (χ1) is 7.65. The fraction of sp³-hybridized carbons (Fsp3) is 1.00. The standard InChI is InChI=1S/C14H28N2/c1-11(2)9-16(14-4-5-14)10-13-6-7-15-12(3)8-13/h11-15H,4-10H2,1-3H3. The first kappa shape index (κ1) is 12.4. The summed E-state index contributed by atoms with van der Waals surface area (Å²) in [4.78, 5) is 2.77. The molecule has 2 fully saturated rings. The van der Waals surface area contributed by atoms with Crippen molar-refractivity contribution >= 4 is 0 Å². The van der Waals surface area contributed by atoms with Crippen LogP contribution in [0.4, 0.5) is 0 Å². The lowest BCUT2D eigenvalue weighted by Gasteiger charge is -2.33. The summed E-state index contributed by atoms with van der Waals surface area (Å²) >= 11 is 0. The van der Waals surface area contributed by atoms with E-state index in [1.54, 1.807) is 0 Å². The van der Waals surface area contributed by atoms with E-state index in [-0.39, 0.29) is 0 Å². The van der Waals surface area contributed by atoms with Gasteiger partial charge in [0.2, 0.25) is 0 Å². The molecule has 2 aliphatic rings. The van der Waals surface area contributed by atoms with Gasteiger partial charge in [-0.2, -0.15) is 0 Å². The van der Waals surface area contributed by atoms with Gasteiger partial charge in [-0.1, -0.05) is 13.8 Å². The van der Waals surface area contributed by atoms with Gasteiger partial charge in [0.05, 0.1) is 0 Å². The Labute approximate surface area is 101 Å². The molecule has 1 aliphatic carbocycles. The zero-order chi connectivity index (χ0) is 11.5. The van der Waals surface area contributed by atoms with Crippen LogP contribution in [0.25, 0.3) is 0 Å². The van der Waals surface area contributed by atoms with Crippen molar-refractivity contribution in [1.29, 1.82) is 0 Å². The second kappa shape index (κ2) is 5.50. The van der Waals surface area contributed by atoms with Gasteiger partial charge in [0.15, 0.2) is 0 Å². The molecule has 94 valence electrons. The monoisotopic (exact) mass is 224 g/mol. The van der Waals surface area contributed by atoms with Crippen LogP contribution >= 0.6 is 0 Å². The van der Waals surface area contributed by atoms with Crippen molar-refractivity contribution in [3.8, 4) is 0 Å². The van der Waals surface area contributed by atoms with Gasteiger partial charge in [-0.25, -0.2) is 0 Å². The molecule has 16 heavy (non-hydrogen) atoms. The Balaban J connectivity index is 1.79. The normalized spacial score (nSPS) is 31.3. The van der Waals surface area contributed by atoms with E-state index >= 15 is 0 Å². The topological polar surface area (TPSA) is 15.3 Å².